The van der Waals surface area contributed by atoms with Gasteiger partial charge in [-0.1, -0.05) is 0 Å². The van der Waals surface area contributed by atoms with Gasteiger partial charge in [-0.2, -0.15) is 0 Å². The highest BCUT2D eigenvalue weighted by Gasteiger charge is 2.32. The maximum Gasteiger partial charge on any atom is 0.269 e. The molecule has 0 aromatic heterocycles. The number of nitrogens with zero attached hydrogens (tertiary/aromatic N) is 1. The summed E-state index contributed by atoms with van der Waals surface area (Å²) in [6.07, 6.45) is -0.212. The Balaban J connectivity index is 1.49. The molecule has 0 amide bonds. The van der Waals surface area contributed by atoms with Gasteiger partial charge < -0.3 is 19.5 Å². The van der Waals surface area contributed by atoms with E-state index in [-0.39, 0.29) is 24.8 Å². The molecular weight excluding hydrogens is 300 g/mol. The standard InChI is InChI=1S/C16H14N2O5/c19-18(20)12-4-1-10(2-5-12)15-8-17-16(23-15)11-3-6-13-14(7-11)22-9-21-13/h1-7,15-17H,8-9H2/p+1/t15-,16+/m0/s1. The molecular formula is C16H15N2O5+. The summed E-state index contributed by atoms with van der Waals surface area (Å²) in [7, 11) is 0. The average Bonchev–Trinajstić information content (AvgIpc) is 3.23. The van der Waals surface area contributed by atoms with Crippen LogP contribution in [-0.4, -0.2) is 18.3 Å². The molecule has 2 aromatic carbocycles. The van der Waals surface area contributed by atoms with Crippen molar-refractivity contribution in [1.82, 2.24) is 0 Å². The molecule has 2 aromatic rings. The van der Waals surface area contributed by atoms with E-state index in [9.17, 15) is 10.1 Å². The van der Waals surface area contributed by atoms with Gasteiger partial charge in [0.2, 0.25) is 13.0 Å². The first-order valence-corrected chi connectivity index (χ1v) is 7.33. The third kappa shape index (κ3) is 2.60. The number of quaternary nitrogens is 1. The molecule has 0 radical (unpaired) electrons. The third-order valence-electron chi connectivity index (χ3n) is 4.08. The van der Waals surface area contributed by atoms with E-state index in [1.807, 2.05) is 18.2 Å². The summed E-state index contributed by atoms with van der Waals surface area (Å²) in [6.45, 7) is 1.01. The van der Waals surface area contributed by atoms with Gasteiger partial charge >= 0.3 is 0 Å². The lowest BCUT2D eigenvalue weighted by atomic mass is 10.1. The zero-order chi connectivity index (χ0) is 15.8. The van der Waals surface area contributed by atoms with Gasteiger partial charge in [0, 0.05) is 17.7 Å². The van der Waals surface area contributed by atoms with E-state index < -0.39 is 4.92 Å². The molecule has 0 spiro atoms. The Labute approximate surface area is 131 Å². The van der Waals surface area contributed by atoms with Crippen molar-refractivity contribution in [3.8, 4) is 11.5 Å². The highest BCUT2D eigenvalue weighted by atomic mass is 16.7. The maximum absolute atomic E-state index is 10.7. The number of nitro groups is 1. The van der Waals surface area contributed by atoms with Crippen LogP contribution in [0.3, 0.4) is 0 Å². The third-order valence-corrected chi connectivity index (χ3v) is 4.08. The second-order valence-electron chi connectivity index (χ2n) is 5.48. The van der Waals surface area contributed by atoms with Crippen LogP contribution in [0.4, 0.5) is 5.69 Å². The maximum atomic E-state index is 10.7. The highest BCUT2D eigenvalue weighted by Crippen LogP contribution is 2.35. The quantitative estimate of drug-likeness (QED) is 0.687. The van der Waals surface area contributed by atoms with Crippen LogP contribution in [0.25, 0.3) is 0 Å². The van der Waals surface area contributed by atoms with Crippen molar-refractivity contribution < 1.29 is 24.5 Å². The fourth-order valence-corrected chi connectivity index (χ4v) is 2.87. The lowest BCUT2D eigenvalue weighted by Gasteiger charge is -2.10. The second-order valence-corrected chi connectivity index (χ2v) is 5.48. The number of hydrogen-bond acceptors (Lipinski definition) is 5. The lowest BCUT2D eigenvalue weighted by Crippen LogP contribution is -2.82. The van der Waals surface area contributed by atoms with Crippen molar-refractivity contribution in [1.29, 1.82) is 0 Å². The monoisotopic (exact) mass is 315 g/mol. The fraction of sp³-hybridized carbons (Fsp3) is 0.250. The van der Waals surface area contributed by atoms with Crippen LogP contribution >= 0.6 is 0 Å². The summed E-state index contributed by atoms with van der Waals surface area (Å²) in [5, 5.41) is 12.8. The number of nitro benzene ring substituents is 1. The van der Waals surface area contributed by atoms with Crippen LogP contribution in [0.5, 0.6) is 11.5 Å². The first-order valence-electron chi connectivity index (χ1n) is 7.33. The molecule has 0 bridgehead atoms. The van der Waals surface area contributed by atoms with Crippen LogP contribution in [0.15, 0.2) is 42.5 Å². The SMILES string of the molecule is O=[N+]([O-])c1ccc([C@@H]2C[NH2+][C@@H](c3ccc4c(c3)OCO4)O2)cc1. The number of fused-ring (bicyclic) bond motifs is 1. The average molecular weight is 315 g/mol. The lowest BCUT2D eigenvalue weighted by molar-refractivity contribution is -0.698. The van der Waals surface area contributed by atoms with Crippen molar-refractivity contribution in [2.24, 2.45) is 0 Å². The molecule has 4 rings (SSSR count). The summed E-state index contributed by atoms with van der Waals surface area (Å²) >= 11 is 0. The van der Waals surface area contributed by atoms with Crippen molar-refractivity contribution in [2.45, 2.75) is 12.3 Å². The Morgan fingerprint density at radius 2 is 1.78 bits per heavy atom. The molecule has 0 saturated carbocycles. The number of nitrogens with two attached hydrogens (primary N) is 1. The van der Waals surface area contributed by atoms with Gasteiger partial charge in [-0.05, 0) is 35.9 Å². The molecule has 2 aliphatic heterocycles. The molecule has 0 aliphatic carbocycles. The van der Waals surface area contributed by atoms with E-state index in [1.54, 1.807) is 12.1 Å². The van der Waals surface area contributed by atoms with Gasteiger partial charge in [0.25, 0.3) is 5.69 Å². The largest absolute Gasteiger partial charge is 0.454 e. The minimum Gasteiger partial charge on any atom is -0.454 e. The van der Waals surface area contributed by atoms with Gasteiger partial charge in [-0.25, -0.2) is 0 Å². The zero-order valence-corrected chi connectivity index (χ0v) is 12.2. The normalized spacial score (nSPS) is 22.3. The van der Waals surface area contributed by atoms with Crippen LogP contribution in [0.2, 0.25) is 0 Å². The topological polar surface area (TPSA) is 87.4 Å². The Hall–Kier alpha value is -2.64. The first kappa shape index (κ1) is 14.0. The first-order chi connectivity index (χ1) is 11.2. The number of non-ortho nitro benzene ring substituents is 1. The van der Waals surface area contributed by atoms with E-state index in [1.165, 1.54) is 12.1 Å². The summed E-state index contributed by atoms with van der Waals surface area (Å²) in [6, 6.07) is 12.3. The van der Waals surface area contributed by atoms with E-state index in [2.05, 4.69) is 5.32 Å². The van der Waals surface area contributed by atoms with E-state index >= 15 is 0 Å². The van der Waals surface area contributed by atoms with E-state index in [0.717, 1.165) is 29.2 Å². The van der Waals surface area contributed by atoms with Crippen molar-refractivity contribution >= 4 is 5.69 Å². The second kappa shape index (κ2) is 5.53. The molecule has 1 fully saturated rings. The number of hydrogen-bond donors (Lipinski definition) is 1. The fourth-order valence-electron chi connectivity index (χ4n) is 2.87. The van der Waals surface area contributed by atoms with Gasteiger partial charge in [0.15, 0.2) is 11.5 Å². The molecule has 118 valence electrons. The van der Waals surface area contributed by atoms with Gasteiger partial charge in [0.1, 0.15) is 12.6 Å². The minimum absolute atomic E-state index is 0.0862. The van der Waals surface area contributed by atoms with E-state index in [0.29, 0.717) is 0 Å². The predicted octanol–water partition coefficient (Wildman–Crippen LogP) is 1.66. The summed E-state index contributed by atoms with van der Waals surface area (Å²) in [4.78, 5) is 10.3. The van der Waals surface area contributed by atoms with Gasteiger partial charge in [0.05, 0.1) is 4.92 Å². The van der Waals surface area contributed by atoms with Crippen LogP contribution in [0, 0.1) is 10.1 Å². The van der Waals surface area contributed by atoms with E-state index in [4.69, 9.17) is 14.2 Å². The Kier molecular flexibility index (Phi) is 3.36. The van der Waals surface area contributed by atoms with Crippen LogP contribution in [-0.2, 0) is 4.74 Å². The predicted molar refractivity (Wildman–Crippen MR) is 79.0 cm³/mol. The smallest absolute Gasteiger partial charge is 0.269 e. The van der Waals surface area contributed by atoms with Crippen molar-refractivity contribution in [3.05, 3.63) is 63.7 Å². The summed E-state index contributed by atoms with van der Waals surface area (Å²) in [5.74, 6) is 1.48. The Morgan fingerprint density at radius 1 is 1.04 bits per heavy atom. The molecule has 23 heavy (non-hydrogen) atoms. The van der Waals surface area contributed by atoms with Crippen LogP contribution < -0.4 is 14.8 Å². The Morgan fingerprint density at radius 3 is 2.57 bits per heavy atom. The van der Waals surface area contributed by atoms with Gasteiger partial charge in [-0.15, -0.1) is 0 Å². The zero-order valence-electron chi connectivity index (χ0n) is 12.2. The molecule has 2 atom stereocenters. The molecule has 2 aliphatic rings. The number of ether oxygens (including phenoxy) is 3. The molecule has 2 heterocycles. The number of benzene rings is 2. The summed E-state index contributed by atoms with van der Waals surface area (Å²) < 4.78 is 16.8. The van der Waals surface area contributed by atoms with Crippen molar-refractivity contribution in [3.63, 3.8) is 0 Å². The summed E-state index contributed by atoms with van der Waals surface area (Å²) in [5.41, 5.74) is 2.04. The molecule has 1 saturated heterocycles. The molecule has 7 heteroatoms. The Bertz CT molecular complexity index is 747. The molecule has 0 unspecified atom stereocenters. The molecule has 2 N–H and O–H groups in total. The molecule has 7 nitrogen and oxygen atoms in total. The van der Waals surface area contributed by atoms with Gasteiger partial charge in [-0.3, -0.25) is 10.1 Å². The van der Waals surface area contributed by atoms with Crippen molar-refractivity contribution in [2.75, 3.05) is 13.3 Å². The van der Waals surface area contributed by atoms with Crippen LogP contribution in [0.1, 0.15) is 23.5 Å². The minimum atomic E-state index is -0.402. The number of rotatable bonds is 3. The highest BCUT2D eigenvalue weighted by molar-refractivity contribution is 5.44.